The molecule has 2 aliphatic heterocycles. The van der Waals surface area contributed by atoms with Gasteiger partial charge < -0.3 is 50.3 Å². The van der Waals surface area contributed by atoms with Gasteiger partial charge in [-0.1, -0.05) is 24.3 Å². The molecule has 6 rings (SSSR count). The standard InChI is InChI=1S/C30H26O10/c31-17-11-22(36)27-25(12-17)40-30(15-2-5-19(33)21(35)9-15)28(38)26(27)13-3-6-24-16(7-13)10-23(37)29(39-24)14-1-4-18(32)20(34)8-14/h1-9,11-12,23,26,28-38H,10H2. The van der Waals surface area contributed by atoms with Crippen LogP contribution >= 0.6 is 0 Å². The van der Waals surface area contributed by atoms with E-state index in [0.29, 0.717) is 28.0 Å². The SMILES string of the molecule is Oc1cc(O)c2c(c1)OC(c1ccc(O)c(O)c1)C(O)C2c1ccc2c(c1)CC(O)C(c1ccc(O)c(O)c1)O2. The molecule has 4 aromatic rings. The smallest absolute Gasteiger partial charge is 0.157 e. The Morgan fingerprint density at radius 1 is 0.550 bits per heavy atom. The van der Waals surface area contributed by atoms with Gasteiger partial charge in [-0.05, 0) is 52.6 Å². The lowest BCUT2D eigenvalue weighted by Gasteiger charge is -2.38. The number of aliphatic hydroxyl groups excluding tert-OH is 2. The Labute approximate surface area is 227 Å². The maximum Gasteiger partial charge on any atom is 0.157 e. The molecule has 0 bridgehead atoms. The minimum atomic E-state index is -1.27. The molecule has 2 aliphatic rings. The van der Waals surface area contributed by atoms with E-state index in [4.69, 9.17) is 9.47 Å². The number of hydrogen-bond donors (Lipinski definition) is 8. The van der Waals surface area contributed by atoms with Gasteiger partial charge in [-0.25, -0.2) is 0 Å². The second-order valence-corrected chi connectivity index (χ2v) is 10.1. The van der Waals surface area contributed by atoms with Crippen molar-refractivity contribution in [2.24, 2.45) is 0 Å². The van der Waals surface area contributed by atoms with Crippen molar-refractivity contribution in [2.75, 3.05) is 0 Å². The number of aliphatic hydroxyl groups is 2. The number of fused-ring (bicyclic) bond motifs is 2. The molecule has 5 atom stereocenters. The molecule has 0 amide bonds. The van der Waals surface area contributed by atoms with Gasteiger partial charge in [0.1, 0.15) is 35.2 Å². The molecule has 0 aromatic heterocycles. The van der Waals surface area contributed by atoms with E-state index < -0.39 is 36.1 Å². The van der Waals surface area contributed by atoms with Crippen LogP contribution in [0.1, 0.15) is 45.9 Å². The predicted molar refractivity (Wildman–Crippen MR) is 140 cm³/mol. The monoisotopic (exact) mass is 546 g/mol. The fourth-order valence-electron chi connectivity index (χ4n) is 5.53. The second-order valence-electron chi connectivity index (χ2n) is 10.1. The molecule has 0 saturated heterocycles. The number of aromatic hydroxyl groups is 6. The van der Waals surface area contributed by atoms with Crippen molar-refractivity contribution >= 4 is 0 Å². The van der Waals surface area contributed by atoms with Crippen LogP contribution in [0.4, 0.5) is 0 Å². The van der Waals surface area contributed by atoms with Gasteiger partial charge in [-0.3, -0.25) is 0 Å². The van der Waals surface area contributed by atoms with Gasteiger partial charge in [0.25, 0.3) is 0 Å². The van der Waals surface area contributed by atoms with Gasteiger partial charge in [0.15, 0.2) is 29.1 Å². The number of phenolic OH excluding ortho intramolecular Hbond substituents is 6. The highest BCUT2D eigenvalue weighted by Gasteiger charge is 2.42. The molecular formula is C30H26O10. The Morgan fingerprint density at radius 3 is 1.80 bits per heavy atom. The Kier molecular flexibility index (Phi) is 6.01. The summed E-state index contributed by atoms with van der Waals surface area (Å²) in [6.45, 7) is 0. The van der Waals surface area contributed by atoms with Crippen molar-refractivity contribution in [3.63, 3.8) is 0 Å². The fourth-order valence-corrected chi connectivity index (χ4v) is 5.53. The maximum absolute atomic E-state index is 11.6. The lowest BCUT2D eigenvalue weighted by Crippen LogP contribution is -2.35. The molecule has 0 saturated carbocycles. The van der Waals surface area contributed by atoms with Gasteiger partial charge >= 0.3 is 0 Å². The first kappa shape index (κ1) is 25.5. The van der Waals surface area contributed by atoms with Crippen molar-refractivity contribution in [1.82, 2.24) is 0 Å². The van der Waals surface area contributed by atoms with Crippen molar-refractivity contribution in [3.05, 3.63) is 94.5 Å². The third kappa shape index (κ3) is 4.23. The van der Waals surface area contributed by atoms with Crippen LogP contribution < -0.4 is 9.47 Å². The number of phenols is 6. The highest BCUT2D eigenvalue weighted by molar-refractivity contribution is 5.58. The van der Waals surface area contributed by atoms with Crippen LogP contribution in [0, 0.1) is 0 Å². The Morgan fingerprint density at radius 2 is 1.15 bits per heavy atom. The molecule has 206 valence electrons. The van der Waals surface area contributed by atoms with E-state index in [0.717, 1.165) is 6.07 Å². The second kappa shape index (κ2) is 9.44. The molecule has 8 N–H and O–H groups in total. The summed E-state index contributed by atoms with van der Waals surface area (Å²) in [5, 5.41) is 82.7. The van der Waals surface area contributed by atoms with Gasteiger partial charge in [0.05, 0.1) is 6.10 Å². The zero-order valence-electron chi connectivity index (χ0n) is 20.8. The van der Waals surface area contributed by atoms with Crippen LogP contribution in [0.5, 0.6) is 46.0 Å². The lowest BCUT2D eigenvalue weighted by atomic mass is 9.78. The molecule has 40 heavy (non-hydrogen) atoms. The Hall–Kier alpha value is -4.80. The molecular weight excluding hydrogens is 520 g/mol. The summed E-state index contributed by atoms with van der Waals surface area (Å²) in [7, 11) is 0. The van der Waals surface area contributed by atoms with Crippen LogP contribution in [0.25, 0.3) is 0 Å². The van der Waals surface area contributed by atoms with Crippen LogP contribution in [0.2, 0.25) is 0 Å². The highest BCUT2D eigenvalue weighted by Crippen LogP contribution is 2.51. The van der Waals surface area contributed by atoms with E-state index in [2.05, 4.69) is 0 Å². The van der Waals surface area contributed by atoms with Crippen LogP contribution in [-0.2, 0) is 6.42 Å². The summed E-state index contributed by atoms with van der Waals surface area (Å²) in [5.74, 6) is -2.12. The summed E-state index contributed by atoms with van der Waals surface area (Å²) >= 11 is 0. The maximum atomic E-state index is 11.6. The average Bonchev–Trinajstić information content (AvgIpc) is 2.91. The summed E-state index contributed by atoms with van der Waals surface area (Å²) in [4.78, 5) is 0. The molecule has 5 unspecified atom stereocenters. The van der Waals surface area contributed by atoms with Crippen molar-refractivity contribution < 1.29 is 50.3 Å². The topological polar surface area (TPSA) is 180 Å². The zero-order valence-corrected chi connectivity index (χ0v) is 20.8. The molecule has 4 aromatic carbocycles. The van der Waals surface area contributed by atoms with Crippen molar-refractivity contribution in [3.8, 4) is 46.0 Å². The first-order valence-corrected chi connectivity index (χ1v) is 12.5. The van der Waals surface area contributed by atoms with E-state index in [1.54, 1.807) is 24.3 Å². The summed E-state index contributed by atoms with van der Waals surface area (Å²) in [5.41, 5.74) is 2.30. The van der Waals surface area contributed by atoms with E-state index in [9.17, 15) is 40.9 Å². The Bertz CT molecular complexity index is 1620. The molecule has 0 radical (unpaired) electrons. The first-order valence-electron chi connectivity index (χ1n) is 12.5. The fraction of sp³-hybridized carbons (Fsp3) is 0.200. The first-order chi connectivity index (χ1) is 19.1. The summed E-state index contributed by atoms with van der Waals surface area (Å²) in [6, 6.07) is 15.9. The number of hydrogen-bond acceptors (Lipinski definition) is 10. The van der Waals surface area contributed by atoms with Crippen molar-refractivity contribution in [2.45, 2.75) is 36.8 Å². The van der Waals surface area contributed by atoms with Crippen LogP contribution in [-0.4, -0.2) is 53.1 Å². The van der Waals surface area contributed by atoms with Gasteiger partial charge in [-0.2, -0.15) is 0 Å². The van der Waals surface area contributed by atoms with E-state index in [-0.39, 0.29) is 46.5 Å². The van der Waals surface area contributed by atoms with Gasteiger partial charge in [0.2, 0.25) is 0 Å². The third-order valence-corrected chi connectivity index (χ3v) is 7.45. The van der Waals surface area contributed by atoms with Gasteiger partial charge in [-0.15, -0.1) is 0 Å². The number of rotatable bonds is 3. The third-order valence-electron chi connectivity index (χ3n) is 7.45. The predicted octanol–water partition coefficient (Wildman–Crippen LogP) is 3.58. The minimum Gasteiger partial charge on any atom is -0.508 e. The number of ether oxygens (including phenoxy) is 2. The van der Waals surface area contributed by atoms with Crippen LogP contribution in [0.3, 0.4) is 0 Å². The summed E-state index contributed by atoms with van der Waals surface area (Å²) < 4.78 is 12.0. The highest BCUT2D eigenvalue weighted by atomic mass is 16.5. The summed E-state index contributed by atoms with van der Waals surface area (Å²) in [6.07, 6.45) is -3.91. The molecule has 0 spiro atoms. The Balaban J connectivity index is 1.40. The van der Waals surface area contributed by atoms with E-state index in [1.165, 1.54) is 36.4 Å². The van der Waals surface area contributed by atoms with Crippen molar-refractivity contribution in [1.29, 1.82) is 0 Å². The molecule has 0 fully saturated rings. The van der Waals surface area contributed by atoms with E-state index >= 15 is 0 Å². The molecule has 0 aliphatic carbocycles. The largest absolute Gasteiger partial charge is 0.508 e. The normalized spacial score (nSPS) is 23.4. The average molecular weight is 547 g/mol. The molecule has 2 heterocycles. The lowest BCUT2D eigenvalue weighted by molar-refractivity contribution is 0.00692. The minimum absolute atomic E-state index is 0.131. The van der Waals surface area contributed by atoms with Crippen LogP contribution in [0.15, 0.2) is 66.7 Å². The molecule has 10 heteroatoms. The van der Waals surface area contributed by atoms with Gasteiger partial charge in [0, 0.05) is 30.0 Å². The quantitative estimate of drug-likeness (QED) is 0.177. The molecule has 10 nitrogen and oxygen atoms in total. The zero-order chi connectivity index (χ0) is 28.3. The van der Waals surface area contributed by atoms with E-state index in [1.807, 2.05) is 0 Å². The number of benzene rings is 4.